The third-order valence-electron chi connectivity index (χ3n) is 6.69. The van der Waals surface area contributed by atoms with Gasteiger partial charge in [0.1, 0.15) is 0 Å². The Morgan fingerprint density at radius 3 is 2.75 bits per heavy atom. The second-order valence-electron chi connectivity index (χ2n) is 8.79. The lowest BCUT2D eigenvalue weighted by atomic mass is 9.82. The molecule has 0 bridgehead atoms. The van der Waals surface area contributed by atoms with E-state index in [4.69, 9.17) is 0 Å². The van der Waals surface area contributed by atoms with Crippen LogP contribution < -0.4 is 10.6 Å². The summed E-state index contributed by atoms with van der Waals surface area (Å²) in [6.07, 6.45) is 9.75. The molecule has 0 saturated heterocycles. The SMILES string of the molecule is C=C(c1cc(-c2cnccc2C)ccc1NC)C1(C)Cc2c(cncc2C2=CSCC2)N1. The molecule has 2 N–H and O–H groups in total. The number of aromatic nitrogens is 2. The highest BCUT2D eigenvalue weighted by molar-refractivity contribution is 8.02. The van der Waals surface area contributed by atoms with Crippen LogP contribution >= 0.6 is 11.8 Å². The smallest absolute Gasteiger partial charge is 0.0639 e. The Kier molecular flexibility index (Phi) is 5.30. The summed E-state index contributed by atoms with van der Waals surface area (Å²) in [5.41, 5.74) is 11.7. The molecule has 0 radical (unpaired) electrons. The number of allylic oxidation sites excluding steroid dienone is 1. The molecule has 0 fully saturated rings. The number of fused-ring (bicyclic) bond motifs is 1. The molecule has 5 heteroatoms. The van der Waals surface area contributed by atoms with Gasteiger partial charge in [-0.2, -0.15) is 0 Å². The zero-order valence-corrected chi connectivity index (χ0v) is 19.6. The van der Waals surface area contributed by atoms with Gasteiger partial charge >= 0.3 is 0 Å². The van der Waals surface area contributed by atoms with Crippen molar-refractivity contribution < 1.29 is 0 Å². The molecule has 3 aromatic rings. The highest BCUT2D eigenvalue weighted by Gasteiger charge is 2.38. The van der Waals surface area contributed by atoms with Crippen molar-refractivity contribution in [2.75, 3.05) is 23.4 Å². The summed E-state index contributed by atoms with van der Waals surface area (Å²) < 4.78 is 0. The standard InChI is InChI=1S/C27H28N4S/c1-17-7-9-29-13-23(17)19-5-6-25(28-4)21(11-19)18(2)27(3)12-22-24(20-8-10-32-16-20)14-30-15-26(22)31-27/h5-7,9,11,13-16,28,31H,2,8,10,12H2,1,3-4H3. The van der Waals surface area contributed by atoms with E-state index in [1.165, 1.54) is 22.3 Å². The van der Waals surface area contributed by atoms with Crippen molar-refractivity contribution in [3.05, 3.63) is 83.3 Å². The molecule has 2 aromatic heterocycles. The molecule has 0 spiro atoms. The average molecular weight is 441 g/mol. The van der Waals surface area contributed by atoms with Crippen LogP contribution in [0, 0.1) is 6.92 Å². The number of benzene rings is 1. The minimum absolute atomic E-state index is 0.291. The summed E-state index contributed by atoms with van der Waals surface area (Å²) in [4.78, 5) is 8.87. The monoisotopic (exact) mass is 440 g/mol. The van der Waals surface area contributed by atoms with Crippen molar-refractivity contribution >= 4 is 34.3 Å². The molecular weight excluding hydrogens is 412 g/mol. The van der Waals surface area contributed by atoms with Crippen molar-refractivity contribution in [1.82, 2.24) is 9.97 Å². The molecule has 4 nitrogen and oxygen atoms in total. The van der Waals surface area contributed by atoms with E-state index in [1.807, 2.05) is 43.6 Å². The Bertz CT molecular complexity index is 1250. The fourth-order valence-electron chi connectivity index (χ4n) is 4.77. The van der Waals surface area contributed by atoms with E-state index in [2.05, 4.69) is 70.7 Å². The van der Waals surface area contributed by atoms with Gasteiger partial charge in [0.2, 0.25) is 0 Å². The second kappa shape index (κ2) is 8.14. The lowest BCUT2D eigenvalue weighted by Gasteiger charge is -2.30. The van der Waals surface area contributed by atoms with Crippen LogP contribution in [-0.2, 0) is 6.42 Å². The summed E-state index contributed by atoms with van der Waals surface area (Å²) in [6.45, 7) is 8.97. The van der Waals surface area contributed by atoms with Crippen LogP contribution in [0.4, 0.5) is 11.4 Å². The fourth-order valence-corrected chi connectivity index (χ4v) is 5.67. The van der Waals surface area contributed by atoms with Crippen LogP contribution in [0.15, 0.2) is 61.0 Å². The van der Waals surface area contributed by atoms with E-state index in [0.717, 1.165) is 52.2 Å². The minimum Gasteiger partial charge on any atom is -0.388 e. The molecule has 2 aliphatic rings. The summed E-state index contributed by atoms with van der Waals surface area (Å²) in [7, 11) is 1.96. The van der Waals surface area contributed by atoms with Gasteiger partial charge in [0.05, 0.1) is 17.4 Å². The van der Waals surface area contributed by atoms with E-state index in [9.17, 15) is 0 Å². The minimum atomic E-state index is -0.291. The second-order valence-corrected chi connectivity index (χ2v) is 9.77. The number of hydrogen-bond donors (Lipinski definition) is 2. The van der Waals surface area contributed by atoms with Crippen LogP contribution in [0.1, 0.15) is 35.6 Å². The molecule has 32 heavy (non-hydrogen) atoms. The molecule has 1 aromatic carbocycles. The predicted molar refractivity (Wildman–Crippen MR) is 138 cm³/mol. The van der Waals surface area contributed by atoms with Crippen LogP contribution in [0.2, 0.25) is 0 Å². The number of thioether (sulfide) groups is 1. The molecule has 5 rings (SSSR count). The molecule has 4 heterocycles. The van der Waals surface area contributed by atoms with E-state index in [1.54, 1.807) is 0 Å². The van der Waals surface area contributed by atoms with Crippen molar-refractivity contribution in [3.63, 3.8) is 0 Å². The maximum atomic E-state index is 4.60. The summed E-state index contributed by atoms with van der Waals surface area (Å²) >= 11 is 1.89. The largest absolute Gasteiger partial charge is 0.388 e. The van der Waals surface area contributed by atoms with E-state index in [0.29, 0.717) is 0 Å². The van der Waals surface area contributed by atoms with Crippen molar-refractivity contribution in [2.45, 2.75) is 32.2 Å². The Hall–Kier alpha value is -3.05. The number of pyridine rings is 2. The van der Waals surface area contributed by atoms with Crippen LogP contribution in [0.3, 0.4) is 0 Å². The quantitative estimate of drug-likeness (QED) is 0.480. The molecule has 0 amide bonds. The third-order valence-corrected chi connectivity index (χ3v) is 7.58. The first-order chi connectivity index (χ1) is 15.5. The Morgan fingerprint density at radius 2 is 2.00 bits per heavy atom. The number of hydrogen-bond acceptors (Lipinski definition) is 5. The van der Waals surface area contributed by atoms with E-state index in [-0.39, 0.29) is 5.54 Å². The van der Waals surface area contributed by atoms with Gasteiger partial charge in [0, 0.05) is 60.2 Å². The molecule has 1 atom stereocenters. The highest BCUT2D eigenvalue weighted by atomic mass is 32.2. The zero-order chi connectivity index (χ0) is 22.3. The van der Waals surface area contributed by atoms with Crippen LogP contribution in [0.5, 0.6) is 0 Å². The fraction of sp³-hybridized carbons (Fsp3) is 0.259. The predicted octanol–water partition coefficient (Wildman–Crippen LogP) is 6.41. The summed E-state index contributed by atoms with van der Waals surface area (Å²) in [6, 6.07) is 8.58. The first kappa shape index (κ1) is 20.8. The van der Waals surface area contributed by atoms with Gasteiger partial charge in [0.25, 0.3) is 0 Å². The van der Waals surface area contributed by atoms with Crippen LogP contribution in [0.25, 0.3) is 22.3 Å². The normalized spacial score (nSPS) is 19.3. The van der Waals surface area contributed by atoms with Crippen molar-refractivity contribution in [2.24, 2.45) is 0 Å². The van der Waals surface area contributed by atoms with Gasteiger partial charge in [-0.1, -0.05) is 12.6 Å². The Labute approximate surface area is 194 Å². The van der Waals surface area contributed by atoms with Crippen molar-refractivity contribution in [3.8, 4) is 11.1 Å². The molecule has 2 aliphatic heterocycles. The lowest BCUT2D eigenvalue weighted by Crippen LogP contribution is -2.33. The lowest BCUT2D eigenvalue weighted by molar-refractivity contribution is 0.688. The third kappa shape index (κ3) is 3.51. The average Bonchev–Trinajstić information content (AvgIpc) is 3.46. The Morgan fingerprint density at radius 1 is 1.16 bits per heavy atom. The van der Waals surface area contributed by atoms with Gasteiger partial charge in [-0.3, -0.25) is 9.97 Å². The van der Waals surface area contributed by atoms with Gasteiger partial charge in [0.15, 0.2) is 0 Å². The van der Waals surface area contributed by atoms with E-state index >= 15 is 0 Å². The maximum absolute atomic E-state index is 4.60. The molecular formula is C27H28N4S. The number of nitrogens with one attached hydrogen (secondary N) is 2. The van der Waals surface area contributed by atoms with Gasteiger partial charge in [-0.05, 0) is 71.7 Å². The number of aryl methyl sites for hydroxylation is 1. The van der Waals surface area contributed by atoms with Gasteiger partial charge < -0.3 is 10.6 Å². The van der Waals surface area contributed by atoms with E-state index < -0.39 is 0 Å². The van der Waals surface area contributed by atoms with Crippen LogP contribution in [-0.4, -0.2) is 28.3 Å². The number of nitrogens with zero attached hydrogens (tertiary/aromatic N) is 2. The molecule has 1 unspecified atom stereocenters. The van der Waals surface area contributed by atoms with Gasteiger partial charge in [-0.15, -0.1) is 11.8 Å². The maximum Gasteiger partial charge on any atom is 0.0639 e. The number of rotatable bonds is 5. The molecule has 162 valence electrons. The topological polar surface area (TPSA) is 49.8 Å². The first-order valence-corrected chi connectivity index (χ1v) is 12.0. The molecule has 0 aliphatic carbocycles. The highest BCUT2D eigenvalue weighted by Crippen LogP contribution is 2.45. The summed E-state index contributed by atoms with van der Waals surface area (Å²) in [5, 5.41) is 9.41. The number of anilines is 2. The Balaban J connectivity index is 1.53. The molecule has 0 saturated carbocycles. The van der Waals surface area contributed by atoms with Gasteiger partial charge in [-0.25, -0.2) is 0 Å². The summed E-state index contributed by atoms with van der Waals surface area (Å²) in [5.74, 6) is 1.16. The zero-order valence-electron chi connectivity index (χ0n) is 18.8. The van der Waals surface area contributed by atoms with Crippen molar-refractivity contribution in [1.29, 1.82) is 0 Å². The first-order valence-electron chi connectivity index (χ1n) is 11.0.